The van der Waals surface area contributed by atoms with E-state index in [9.17, 15) is 5.11 Å². The van der Waals surface area contributed by atoms with Crippen LogP contribution in [0.1, 0.15) is 32.0 Å². The minimum atomic E-state index is 0.194. The lowest BCUT2D eigenvalue weighted by atomic mass is 10.0. The molecule has 0 amide bonds. The van der Waals surface area contributed by atoms with Gasteiger partial charge in [0.05, 0.1) is 12.6 Å². The van der Waals surface area contributed by atoms with Crippen molar-refractivity contribution in [3.8, 4) is 0 Å². The standard InChI is InChI=1S/C13H22N4O/c1-3-14-12-8-13(16-10(2)15-12)17-7-5-4-6-11(17)9-18/h8,11,18H,3-7,9H2,1-2H3,(H,14,15,16). The topological polar surface area (TPSA) is 61.3 Å². The van der Waals surface area contributed by atoms with Crippen LogP contribution in [0.5, 0.6) is 0 Å². The molecule has 1 aliphatic rings. The highest BCUT2D eigenvalue weighted by Gasteiger charge is 2.23. The third kappa shape index (κ3) is 2.90. The summed E-state index contributed by atoms with van der Waals surface area (Å²) in [5, 5.41) is 12.7. The second-order valence-electron chi connectivity index (χ2n) is 4.71. The number of hydrogen-bond donors (Lipinski definition) is 2. The number of nitrogens with one attached hydrogen (secondary N) is 1. The number of hydrogen-bond acceptors (Lipinski definition) is 5. The van der Waals surface area contributed by atoms with Crippen molar-refractivity contribution in [2.45, 2.75) is 39.2 Å². The van der Waals surface area contributed by atoms with Gasteiger partial charge in [-0.1, -0.05) is 0 Å². The highest BCUT2D eigenvalue weighted by Crippen LogP contribution is 2.24. The Morgan fingerprint density at radius 1 is 1.44 bits per heavy atom. The number of aromatic nitrogens is 2. The molecule has 1 unspecified atom stereocenters. The molecule has 2 N–H and O–H groups in total. The maximum absolute atomic E-state index is 9.46. The maximum Gasteiger partial charge on any atom is 0.134 e. The van der Waals surface area contributed by atoms with E-state index in [2.05, 4.69) is 27.1 Å². The van der Waals surface area contributed by atoms with Crippen LogP contribution >= 0.6 is 0 Å². The Bertz CT molecular complexity index is 397. The lowest BCUT2D eigenvalue weighted by Crippen LogP contribution is -2.42. The average Bonchev–Trinajstić information content (AvgIpc) is 2.38. The van der Waals surface area contributed by atoms with Gasteiger partial charge in [0.25, 0.3) is 0 Å². The Morgan fingerprint density at radius 3 is 3.00 bits per heavy atom. The molecular formula is C13H22N4O. The SMILES string of the molecule is CCNc1cc(N2CCCCC2CO)nc(C)n1. The Hall–Kier alpha value is -1.36. The van der Waals surface area contributed by atoms with Crippen LogP contribution in [0.3, 0.4) is 0 Å². The molecule has 1 aliphatic heterocycles. The Labute approximate surface area is 108 Å². The summed E-state index contributed by atoms with van der Waals surface area (Å²) >= 11 is 0. The molecule has 0 bridgehead atoms. The third-order valence-electron chi connectivity index (χ3n) is 3.31. The lowest BCUT2D eigenvalue weighted by molar-refractivity contribution is 0.239. The van der Waals surface area contributed by atoms with Crippen molar-refractivity contribution in [3.05, 3.63) is 11.9 Å². The zero-order chi connectivity index (χ0) is 13.0. The second kappa shape index (κ2) is 6.00. The fourth-order valence-corrected chi connectivity index (χ4v) is 2.46. The first-order chi connectivity index (χ1) is 8.74. The number of aryl methyl sites for hydroxylation is 1. The van der Waals surface area contributed by atoms with Gasteiger partial charge in [0.15, 0.2) is 0 Å². The molecule has 0 spiro atoms. The van der Waals surface area contributed by atoms with Gasteiger partial charge in [0.1, 0.15) is 17.5 Å². The van der Waals surface area contributed by atoms with E-state index in [1.54, 1.807) is 0 Å². The normalized spacial score (nSPS) is 19.9. The molecule has 1 aromatic heterocycles. The average molecular weight is 250 g/mol. The molecule has 2 rings (SSSR count). The number of nitrogens with zero attached hydrogens (tertiary/aromatic N) is 3. The number of aliphatic hydroxyl groups excluding tert-OH is 1. The molecule has 1 atom stereocenters. The van der Waals surface area contributed by atoms with E-state index in [0.29, 0.717) is 0 Å². The number of rotatable bonds is 4. The molecule has 5 nitrogen and oxygen atoms in total. The predicted octanol–water partition coefficient (Wildman–Crippen LogP) is 1.57. The van der Waals surface area contributed by atoms with Gasteiger partial charge in [-0.2, -0.15) is 0 Å². The fraction of sp³-hybridized carbons (Fsp3) is 0.692. The number of piperidine rings is 1. The molecule has 0 aliphatic carbocycles. The second-order valence-corrected chi connectivity index (χ2v) is 4.71. The molecule has 0 radical (unpaired) electrons. The van der Waals surface area contributed by atoms with Crippen LogP contribution in [0, 0.1) is 6.92 Å². The minimum absolute atomic E-state index is 0.194. The van der Waals surface area contributed by atoms with E-state index in [-0.39, 0.29) is 12.6 Å². The van der Waals surface area contributed by atoms with Crippen molar-refractivity contribution >= 4 is 11.6 Å². The van der Waals surface area contributed by atoms with E-state index in [4.69, 9.17) is 0 Å². The molecule has 5 heteroatoms. The summed E-state index contributed by atoms with van der Waals surface area (Å²) < 4.78 is 0. The van der Waals surface area contributed by atoms with E-state index in [0.717, 1.165) is 43.4 Å². The monoisotopic (exact) mass is 250 g/mol. The van der Waals surface area contributed by atoms with Gasteiger partial charge in [-0.25, -0.2) is 9.97 Å². The highest BCUT2D eigenvalue weighted by molar-refractivity contribution is 5.50. The number of anilines is 2. The first-order valence-corrected chi connectivity index (χ1v) is 6.71. The van der Waals surface area contributed by atoms with Crippen molar-refractivity contribution in [3.63, 3.8) is 0 Å². The predicted molar refractivity (Wildman–Crippen MR) is 73.0 cm³/mol. The van der Waals surface area contributed by atoms with Crippen molar-refractivity contribution in [2.24, 2.45) is 0 Å². The van der Waals surface area contributed by atoms with Gasteiger partial charge < -0.3 is 15.3 Å². The molecule has 1 aromatic rings. The maximum atomic E-state index is 9.46. The molecular weight excluding hydrogens is 228 g/mol. The molecule has 0 aromatic carbocycles. The van der Waals surface area contributed by atoms with Crippen LogP contribution in [0.25, 0.3) is 0 Å². The quantitative estimate of drug-likeness (QED) is 0.849. The van der Waals surface area contributed by atoms with Gasteiger partial charge in [-0.3, -0.25) is 0 Å². The first-order valence-electron chi connectivity index (χ1n) is 6.71. The zero-order valence-corrected chi connectivity index (χ0v) is 11.2. The van der Waals surface area contributed by atoms with Crippen LogP contribution in [0.15, 0.2) is 6.07 Å². The Balaban J connectivity index is 2.24. The van der Waals surface area contributed by atoms with Gasteiger partial charge in [0, 0.05) is 19.2 Å². The fourth-order valence-electron chi connectivity index (χ4n) is 2.46. The van der Waals surface area contributed by atoms with Gasteiger partial charge in [0.2, 0.25) is 0 Å². The summed E-state index contributed by atoms with van der Waals surface area (Å²) in [6, 6.07) is 2.17. The molecule has 0 saturated carbocycles. The van der Waals surface area contributed by atoms with Gasteiger partial charge in [-0.05, 0) is 33.1 Å². The summed E-state index contributed by atoms with van der Waals surface area (Å²) in [4.78, 5) is 11.1. The largest absolute Gasteiger partial charge is 0.394 e. The van der Waals surface area contributed by atoms with Crippen molar-refractivity contribution < 1.29 is 5.11 Å². The lowest BCUT2D eigenvalue weighted by Gasteiger charge is -2.35. The minimum Gasteiger partial charge on any atom is -0.394 e. The molecule has 2 heterocycles. The van der Waals surface area contributed by atoms with Crippen LogP contribution in [-0.2, 0) is 0 Å². The summed E-state index contributed by atoms with van der Waals surface area (Å²) in [5.74, 6) is 2.56. The molecule has 100 valence electrons. The summed E-state index contributed by atoms with van der Waals surface area (Å²) in [6.07, 6.45) is 3.39. The smallest absolute Gasteiger partial charge is 0.134 e. The summed E-state index contributed by atoms with van der Waals surface area (Å²) in [7, 11) is 0. The Morgan fingerprint density at radius 2 is 2.28 bits per heavy atom. The van der Waals surface area contributed by atoms with Crippen molar-refractivity contribution in [1.29, 1.82) is 0 Å². The molecule has 1 fully saturated rings. The Kier molecular flexibility index (Phi) is 4.36. The van der Waals surface area contributed by atoms with E-state index >= 15 is 0 Å². The van der Waals surface area contributed by atoms with Crippen LogP contribution in [0.4, 0.5) is 11.6 Å². The summed E-state index contributed by atoms with van der Waals surface area (Å²) in [6.45, 7) is 5.96. The molecule has 1 saturated heterocycles. The third-order valence-corrected chi connectivity index (χ3v) is 3.31. The van der Waals surface area contributed by atoms with Gasteiger partial charge in [-0.15, -0.1) is 0 Å². The van der Waals surface area contributed by atoms with E-state index in [1.165, 1.54) is 6.42 Å². The van der Waals surface area contributed by atoms with E-state index in [1.807, 2.05) is 13.0 Å². The van der Waals surface area contributed by atoms with Gasteiger partial charge >= 0.3 is 0 Å². The highest BCUT2D eigenvalue weighted by atomic mass is 16.3. The van der Waals surface area contributed by atoms with E-state index < -0.39 is 0 Å². The zero-order valence-electron chi connectivity index (χ0n) is 11.2. The van der Waals surface area contributed by atoms with Crippen LogP contribution in [0.2, 0.25) is 0 Å². The molecule has 18 heavy (non-hydrogen) atoms. The summed E-state index contributed by atoms with van der Waals surface area (Å²) in [5.41, 5.74) is 0. The van der Waals surface area contributed by atoms with Crippen LogP contribution in [-0.4, -0.2) is 40.8 Å². The first kappa shape index (κ1) is 13.1. The van der Waals surface area contributed by atoms with Crippen LogP contribution < -0.4 is 10.2 Å². The van der Waals surface area contributed by atoms with Crippen molar-refractivity contribution in [2.75, 3.05) is 29.9 Å². The number of aliphatic hydroxyl groups is 1. The van der Waals surface area contributed by atoms with Crippen molar-refractivity contribution in [1.82, 2.24) is 9.97 Å².